The number of hydrazone groups is 1. The van der Waals surface area contributed by atoms with Gasteiger partial charge < -0.3 is 4.84 Å². The summed E-state index contributed by atoms with van der Waals surface area (Å²) in [7, 11) is 0. The van der Waals surface area contributed by atoms with Crippen molar-refractivity contribution in [2.24, 2.45) is 5.10 Å². The smallest absolute Gasteiger partial charge is 0.233 e. The van der Waals surface area contributed by atoms with Crippen molar-refractivity contribution in [3.8, 4) is 0 Å². The zero-order valence-electron chi connectivity index (χ0n) is 6.80. The van der Waals surface area contributed by atoms with Gasteiger partial charge in [-0.1, -0.05) is 15.5 Å². The van der Waals surface area contributed by atoms with E-state index in [1.807, 2.05) is 6.20 Å². The molecule has 0 N–H and O–H groups in total. The van der Waals surface area contributed by atoms with Gasteiger partial charge in [-0.3, -0.25) is 0 Å². The molecule has 0 unspecified atom stereocenters. The number of hydrazine groups is 2. The lowest BCUT2D eigenvalue weighted by atomic mass is 10.3. The summed E-state index contributed by atoms with van der Waals surface area (Å²) in [5, 5.41) is 9.55. The van der Waals surface area contributed by atoms with Crippen LogP contribution in [0.15, 0.2) is 17.0 Å². The number of rotatable bonds is 0. The first-order valence-corrected chi connectivity index (χ1v) is 4.98. The Morgan fingerprint density at radius 3 is 3.31 bits per heavy atom. The lowest BCUT2D eigenvalue weighted by Crippen LogP contribution is -2.46. The van der Waals surface area contributed by atoms with E-state index in [1.165, 1.54) is 12.1 Å². The van der Waals surface area contributed by atoms with Gasteiger partial charge in [0.15, 0.2) is 0 Å². The molecule has 3 aliphatic heterocycles. The van der Waals surface area contributed by atoms with Crippen LogP contribution in [0, 0.1) is 0 Å². The first-order chi connectivity index (χ1) is 6.34. The minimum absolute atomic E-state index is 0.937. The molecule has 0 atom stereocenters. The Kier molecular flexibility index (Phi) is 1.56. The third-order valence-electron chi connectivity index (χ3n) is 2.18. The second kappa shape index (κ2) is 2.64. The summed E-state index contributed by atoms with van der Waals surface area (Å²) < 4.78 is 2.24. The normalized spacial score (nSPS) is 25.9. The molecule has 13 heavy (non-hydrogen) atoms. The Balaban J connectivity index is 1.86. The molecule has 3 aliphatic rings. The van der Waals surface area contributed by atoms with E-state index < -0.39 is 0 Å². The average Bonchev–Trinajstić information content (AvgIpc) is 2.62. The lowest BCUT2D eigenvalue weighted by molar-refractivity contribution is -0.226. The number of piperazine rings is 1. The predicted molar refractivity (Wildman–Crippen MR) is 53.6 cm³/mol. The number of hydrogen-bond acceptors (Lipinski definition) is 6. The van der Waals surface area contributed by atoms with Crippen molar-refractivity contribution in [1.29, 1.82) is 0 Å². The molecule has 70 valence electrons. The SMILES string of the molecule is IN1CCN2C(=CN3OC=NN32)C1. The van der Waals surface area contributed by atoms with Crippen LogP contribution in [-0.4, -0.2) is 44.6 Å². The van der Waals surface area contributed by atoms with Crippen LogP contribution in [0.25, 0.3) is 0 Å². The van der Waals surface area contributed by atoms with Crippen molar-refractivity contribution in [2.75, 3.05) is 19.6 Å². The molecule has 1 fully saturated rings. The van der Waals surface area contributed by atoms with Crippen molar-refractivity contribution < 1.29 is 4.84 Å². The van der Waals surface area contributed by atoms with Gasteiger partial charge in [0.05, 0.1) is 25.0 Å². The van der Waals surface area contributed by atoms with Crippen LogP contribution < -0.4 is 0 Å². The average molecular weight is 293 g/mol. The van der Waals surface area contributed by atoms with E-state index >= 15 is 0 Å². The number of fused-ring (bicyclic) bond motifs is 3. The molecule has 1 saturated heterocycles. The Hall–Kier alpha value is -0.700. The first-order valence-electron chi connectivity index (χ1n) is 4.02. The molecule has 7 heteroatoms. The fourth-order valence-corrected chi connectivity index (χ4v) is 2.14. The Bertz CT molecular complexity index is 293. The van der Waals surface area contributed by atoms with Gasteiger partial charge in [0.1, 0.15) is 0 Å². The molecule has 0 radical (unpaired) electrons. The van der Waals surface area contributed by atoms with E-state index in [9.17, 15) is 0 Å². The summed E-state index contributed by atoms with van der Waals surface area (Å²) in [6.07, 6.45) is 3.39. The number of hydroxylamine groups is 1. The van der Waals surface area contributed by atoms with Gasteiger partial charge in [0, 0.05) is 29.4 Å². The lowest BCUT2D eigenvalue weighted by Gasteiger charge is -2.33. The van der Waals surface area contributed by atoms with Crippen LogP contribution in [0.2, 0.25) is 0 Å². The van der Waals surface area contributed by atoms with Crippen LogP contribution in [0.5, 0.6) is 0 Å². The molecule has 0 spiro atoms. The van der Waals surface area contributed by atoms with Crippen LogP contribution in [0.1, 0.15) is 0 Å². The van der Waals surface area contributed by atoms with E-state index in [1.54, 1.807) is 10.4 Å². The zero-order chi connectivity index (χ0) is 8.84. The minimum Gasteiger partial charge on any atom is -0.343 e. The predicted octanol–water partition coefficient (Wildman–Crippen LogP) is 0.132. The standard InChI is InChI=1S/C6H8IN5O/c7-9-1-2-10-6(3-9)4-11-12(10)8-5-13-11/h4-5H,1-3H2. The minimum atomic E-state index is 0.937. The fraction of sp³-hybridized carbons (Fsp3) is 0.500. The molecule has 3 rings (SSSR count). The van der Waals surface area contributed by atoms with Crippen LogP contribution >= 0.6 is 22.9 Å². The largest absolute Gasteiger partial charge is 0.343 e. The summed E-state index contributed by atoms with van der Waals surface area (Å²) in [5.41, 5.74) is 1.22. The van der Waals surface area contributed by atoms with Crippen molar-refractivity contribution >= 4 is 29.3 Å². The van der Waals surface area contributed by atoms with Crippen LogP contribution in [0.4, 0.5) is 0 Å². The highest BCUT2D eigenvalue weighted by molar-refractivity contribution is 14.1. The quantitative estimate of drug-likeness (QED) is 0.468. The van der Waals surface area contributed by atoms with Crippen molar-refractivity contribution in [2.45, 2.75) is 0 Å². The third kappa shape index (κ3) is 1.06. The molecule has 0 bridgehead atoms. The van der Waals surface area contributed by atoms with E-state index in [2.05, 4.69) is 36.1 Å². The molecule has 0 aromatic rings. The molecule has 6 nitrogen and oxygen atoms in total. The maximum Gasteiger partial charge on any atom is 0.233 e. The second-order valence-corrected chi connectivity index (χ2v) is 4.35. The monoisotopic (exact) mass is 293 g/mol. The van der Waals surface area contributed by atoms with Gasteiger partial charge in [-0.2, -0.15) is 0 Å². The highest BCUT2D eigenvalue weighted by Gasteiger charge is 2.36. The molecular formula is C6H8IN5O. The highest BCUT2D eigenvalue weighted by Crippen LogP contribution is 2.28. The topological polar surface area (TPSA) is 34.6 Å². The first kappa shape index (κ1) is 7.68. The molecule has 0 aromatic heterocycles. The van der Waals surface area contributed by atoms with Gasteiger partial charge in [-0.05, 0) is 0 Å². The van der Waals surface area contributed by atoms with Crippen LogP contribution in [-0.2, 0) is 4.84 Å². The molecule has 3 heterocycles. The molecular weight excluding hydrogens is 285 g/mol. The van der Waals surface area contributed by atoms with E-state index in [0.29, 0.717) is 0 Å². The second-order valence-electron chi connectivity index (χ2n) is 2.99. The van der Waals surface area contributed by atoms with E-state index in [-0.39, 0.29) is 0 Å². The number of nitrogens with zero attached hydrogens (tertiary/aromatic N) is 5. The molecule has 0 aromatic carbocycles. The third-order valence-corrected chi connectivity index (χ3v) is 3.00. The highest BCUT2D eigenvalue weighted by atomic mass is 127. The maximum absolute atomic E-state index is 5.13. The van der Waals surface area contributed by atoms with E-state index in [0.717, 1.165) is 19.6 Å². The Morgan fingerprint density at radius 1 is 1.46 bits per heavy atom. The van der Waals surface area contributed by atoms with Crippen molar-refractivity contribution in [3.05, 3.63) is 11.9 Å². The van der Waals surface area contributed by atoms with Crippen molar-refractivity contribution in [1.82, 2.24) is 18.5 Å². The summed E-state index contributed by atoms with van der Waals surface area (Å²) in [5.74, 6) is 0. The summed E-state index contributed by atoms with van der Waals surface area (Å²) in [6, 6.07) is 0. The molecule has 0 amide bonds. The summed E-state index contributed by atoms with van der Waals surface area (Å²) >= 11 is 2.33. The Morgan fingerprint density at radius 2 is 2.38 bits per heavy atom. The fourth-order valence-electron chi connectivity index (χ4n) is 1.58. The number of halogens is 1. The molecule has 0 saturated carbocycles. The van der Waals surface area contributed by atoms with Gasteiger partial charge >= 0.3 is 0 Å². The number of hydrogen-bond donors (Lipinski definition) is 0. The Labute approximate surface area is 89.4 Å². The zero-order valence-corrected chi connectivity index (χ0v) is 8.96. The summed E-state index contributed by atoms with van der Waals surface area (Å²) in [6.45, 7) is 2.93. The van der Waals surface area contributed by atoms with Gasteiger partial charge in [0.25, 0.3) is 0 Å². The summed E-state index contributed by atoms with van der Waals surface area (Å²) in [4.78, 5) is 5.13. The van der Waals surface area contributed by atoms with Crippen molar-refractivity contribution in [3.63, 3.8) is 0 Å². The van der Waals surface area contributed by atoms with Crippen LogP contribution in [0.3, 0.4) is 0 Å². The van der Waals surface area contributed by atoms with E-state index in [4.69, 9.17) is 4.84 Å². The van der Waals surface area contributed by atoms with Gasteiger partial charge in [0.2, 0.25) is 6.40 Å². The van der Waals surface area contributed by atoms with Gasteiger partial charge in [-0.25, -0.2) is 8.12 Å². The maximum atomic E-state index is 5.13. The molecule has 0 aliphatic carbocycles. The van der Waals surface area contributed by atoms with Gasteiger partial charge in [-0.15, -0.1) is 0 Å².